The molecule has 2 N–H and O–H groups in total. The summed E-state index contributed by atoms with van der Waals surface area (Å²) in [7, 11) is 0. The summed E-state index contributed by atoms with van der Waals surface area (Å²) in [6.07, 6.45) is -12.1. The first kappa shape index (κ1) is 22.6. The van der Waals surface area contributed by atoms with Crippen LogP contribution in [-0.2, 0) is 38.1 Å². The Morgan fingerprint density at radius 3 is 1.96 bits per heavy atom. The van der Waals surface area contributed by atoms with E-state index in [1.807, 2.05) is 0 Å². The molecule has 0 aromatic rings. The van der Waals surface area contributed by atoms with Gasteiger partial charge in [-0.25, -0.2) is 0 Å². The molecule has 0 aliphatic carbocycles. The van der Waals surface area contributed by atoms with Crippen molar-refractivity contribution in [3.8, 4) is 0 Å². The second-order valence-electron chi connectivity index (χ2n) is 5.51. The van der Waals surface area contributed by atoms with Gasteiger partial charge in [-0.3, -0.25) is 19.2 Å². The number of carbonyl (C=O) groups excluding carboxylic acids is 4. The Morgan fingerprint density at radius 2 is 1.52 bits per heavy atom. The first-order valence-corrected chi connectivity index (χ1v) is 7.52. The average Bonchev–Trinajstić information content (AvgIpc) is 2.49. The number of esters is 3. The van der Waals surface area contributed by atoms with Crippen LogP contribution in [0.25, 0.3) is 0 Å². The van der Waals surface area contributed by atoms with Gasteiger partial charge in [-0.1, -0.05) is 0 Å². The molecule has 5 atom stereocenters. The van der Waals surface area contributed by atoms with E-state index >= 15 is 0 Å². The number of carbonyl (C=O) groups is 4. The fraction of sp³-hybridized carbons (Fsp3) is 0.714. The second kappa shape index (κ2) is 8.99. The highest BCUT2D eigenvalue weighted by molar-refractivity contribution is 5.82. The maximum absolute atomic E-state index is 12.5. The molecular formula is C14H18F3NO9. The lowest BCUT2D eigenvalue weighted by Gasteiger charge is -2.43. The van der Waals surface area contributed by atoms with Gasteiger partial charge in [0.05, 0.1) is 0 Å². The Labute approximate surface area is 150 Å². The van der Waals surface area contributed by atoms with Gasteiger partial charge in [0.15, 0.2) is 18.5 Å². The molecule has 0 aromatic carbocycles. The minimum absolute atomic E-state index is 0.567. The van der Waals surface area contributed by atoms with E-state index in [0.717, 1.165) is 20.8 Å². The SMILES string of the molecule is CC(=O)OC[C@H]1O[C@@H](O)[C@H](NC(=O)C(F)(F)F)[C@@H](OC(C)=O)[C@H]1OC(C)=O. The molecule has 0 saturated carbocycles. The highest BCUT2D eigenvalue weighted by Crippen LogP contribution is 2.27. The van der Waals surface area contributed by atoms with Crippen molar-refractivity contribution in [3.05, 3.63) is 0 Å². The molecule has 0 radical (unpaired) electrons. The number of aliphatic hydroxyl groups is 1. The van der Waals surface area contributed by atoms with Crippen LogP contribution < -0.4 is 5.32 Å². The fourth-order valence-corrected chi connectivity index (χ4v) is 2.31. The van der Waals surface area contributed by atoms with Gasteiger partial charge < -0.3 is 29.4 Å². The Morgan fingerprint density at radius 1 is 1.00 bits per heavy atom. The highest BCUT2D eigenvalue weighted by Gasteiger charge is 2.52. The summed E-state index contributed by atoms with van der Waals surface area (Å²) >= 11 is 0. The van der Waals surface area contributed by atoms with Crippen LogP contribution in [0.4, 0.5) is 13.2 Å². The smallest absolute Gasteiger partial charge is 0.463 e. The van der Waals surface area contributed by atoms with E-state index in [1.54, 1.807) is 0 Å². The van der Waals surface area contributed by atoms with Crippen molar-refractivity contribution in [1.29, 1.82) is 0 Å². The molecule has 1 aliphatic heterocycles. The van der Waals surface area contributed by atoms with E-state index in [-0.39, 0.29) is 0 Å². The molecule has 13 heteroatoms. The second-order valence-corrected chi connectivity index (χ2v) is 5.51. The van der Waals surface area contributed by atoms with Gasteiger partial charge in [0.2, 0.25) is 0 Å². The molecule has 1 rings (SSSR count). The quantitative estimate of drug-likeness (QED) is 0.447. The number of aliphatic hydroxyl groups excluding tert-OH is 1. The standard InChI is InChI=1S/C14H18F3NO9/c1-5(19)24-4-8-10(25-6(2)20)11(26-7(3)21)9(12(22)27-8)18-13(23)14(15,16)17/h8-12,22H,4H2,1-3H3,(H,18,23)/t8-,9-,10+,11-,12-/m1/s1. The predicted molar refractivity (Wildman–Crippen MR) is 76.6 cm³/mol. The minimum atomic E-state index is -5.30. The van der Waals surface area contributed by atoms with Crippen LogP contribution >= 0.6 is 0 Å². The minimum Gasteiger partial charge on any atom is -0.463 e. The zero-order chi connectivity index (χ0) is 20.9. The topological polar surface area (TPSA) is 137 Å². The number of rotatable bonds is 5. The summed E-state index contributed by atoms with van der Waals surface area (Å²) < 4.78 is 57.1. The van der Waals surface area contributed by atoms with Crippen molar-refractivity contribution in [3.63, 3.8) is 0 Å². The molecule has 1 amide bonds. The number of alkyl halides is 3. The maximum atomic E-state index is 12.5. The van der Waals surface area contributed by atoms with E-state index in [9.17, 15) is 37.5 Å². The number of nitrogens with one attached hydrogen (secondary N) is 1. The van der Waals surface area contributed by atoms with Crippen LogP contribution in [0.1, 0.15) is 20.8 Å². The molecule has 1 fully saturated rings. The van der Waals surface area contributed by atoms with Crippen molar-refractivity contribution < 1.29 is 56.4 Å². The predicted octanol–water partition coefficient (Wildman–Crippen LogP) is -0.823. The first-order valence-electron chi connectivity index (χ1n) is 7.52. The van der Waals surface area contributed by atoms with Gasteiger partial charge in [0.1, 0.15) is 18.8 Å². The number of amides is 1. The number of hydrogen-bond acceptors (Lipinski definition) is 9. The zero-order valence-corrected chi connectivity index (χ0v) is 14.4. The first-order chi connectivity index (χ1) is 12.3. The Hall–Kier alpha value is -2.41. The third-order valence-corrected chi connectivity index (χ3v) is 3.28. The van der Waals surface area contributed by atoms with E-state index in [0.29, 0.717) is 0 Å². The van der Waals surface area contributed by atoms with Crippen molar-refractivity contribution in [2.45, 2.75) is 57.6 Å². The molecule has 1 aliphatic rings. The molecule has 27 heavy (non-hydrogen) atoms. The summed E-state index contributed by atoms with van der Waals surface area (Å²) in [5.41, 5.74) is 0. The van der Waals surface area contributed by atoms with E-state index in [4.69, 9.17) is 18.9 Å². The molecular weight excluding hydrogens is 383 g/mol. The normalized spacial score (nSPS) is 28.0. The lowest BCUT2D eigenvalue weighted by Crippen LogP contribution is -2.67. The Balaban J connectivity index is 3.18. The fourth-order valence-electron chi connectivity index (χ4n) is 2.31. The van der Waals surface area contributed by atoms with Gasteiger partial charge >= 0.3 is 30.0 Å². The molecule has 0 aromatic heterocycles. The van der Waals surface area contributed by atoms with Gasteiger partial charge in [-0.15, -0.1) is 0 Å². The third-order valence-electron chi connectivity index (χ3n) is 3.28. The molecule has 1 heterocycles. The Bertz CT molecular complexity index is 595. The number of hydrogen-bond donors (Lipinski definition) is 2. The molecule has 154 valence electrons. The molecule has 10 nitrogen and oxygen atoms in total. The van der Waals surface area contributed by atoms with E-state index in [1.165, 1.54) is 5.32 Å². The molecule has 0 bridgehead atoms. The zero-order valence-electron chi connectivity index (χ0n) is 14.4. The van der Waals surface area contributed by atoms with Crippen molar-refractivity contribution in [1.82, 2.24) is 5.32 Å². The average molecular weight is 401 g/mol. The lowest BCUT2D eigenvalue weighted by atomic mass is 9.96. The largest absolute Gasteiger partial charge is 0.471 e. The third kappa shape index (κ3) is 6.67. The molecule has 0 spiro atoms. The Kier molecular flexibility index (Phi) is 7.54. The summed E-state index contributed by atoms with van der Waals surface area (Å²) in [5.74, 6) is -5.12. The van der Waals surface area contributed by atoms with Crippen LogP contribution in [0, 0.1) is 0 Å². The van der Waals surface area contributed by atoms with Gasteiger partial charge in [0.25, 0.3) is 0 Å². The van der Waals surface area contributed by atoms with E-state index < -0.39 is 67.2 Å². The van der Waals surface area contributed by atoms with Crippen LogP contribution in [0.5, 0.6) is 0 Å². The monoisotopic (exact) mass is 401 g/mol. The van der Waals surface area contributed by atoms with Crippen LogP contribution in [0.15, 0.2) is 0 Å². The van der Waals surface area contributed by atoms with Crippen molar-refractivity contribution in [2.24, 2.45) is 0 Å². The molecule has 1 saturated heterocycles. The van der Waals surface area contributed by atoms with Crippen LogP contribution in [0.2, 0.25) is 0 Å². The van der Waals surface area contributed by atoms with Crippen molar-refractivity contribution in [2.75, 3.05) is 6.61 Å². The van der Waals surface area contributed by atoms with Crippen LogP contribution in [-0.4, -0.2) is 72.3 Å². The number of halogens is 3. The van der Waals surface area contributed by atoms with Gasteiger partial charge in [-0.2, -0.15) is 13.2 Å². The summed E-state index contributed by atoms with van der Waals surface area (Å²) in [6, 6.07) is -1.92. The molecule has 0 unspecified atom stereocenters. The highest BCUT2D eigenvalue weighted by atomic mass is 19.4. The number of ether oxygens (including phenoxy) is 4. The van der Waals surface area contributed by atoms with E-state index in [2.05, 4.69) is 0 Å². The summed E-state index contributed by atoms with van der Waals surface area (Å²) in [6.45, 7) is 2.36. The van der Waals surface area contributed by atoms with Crippen LogP contribution in [0.3, 0.4) is 0 Å². The van der Waals surface area contributed by atoms with Gasteiger partial charge in [-0.05, 0) is 0 Å². The maximum Gasteiger partial charge on any atom is 0.471 e. The van der Waals surface area contributed by atoms with Gasteiger partial charge in [0, 0.05) is 20.8 Å². The lowest BCUT2D eigenvalue weighted by molar-refractivity contribution is -0.266. The summed E-state index contributed by atoms with van der Waals surface area (Å²) in [4.78, 5) is 44.9. The van der Waals surface area contributed by atoms with Crippen molar-refractivity contribution >= 4 is 23.8 Å². The summed E-state index contributed by atoms with van der Waals surface area (Å²) in [5, 5.41) is 11.4.